The van der Waals surface area contributed by atoms with Gasteiger partial charge in [-0.3, -0.25) is 9.36 Å². The number of methoxy groups -OCH3 is 1. The van der Waals surface area contributed by atoms with Gasteiger partial charge in [-0.1, -0.05) is 0 Å². The Balaban J connectivity index is 2.13. The van der Waals surface area contributed by atoms with Gasteiger partial charge < -0.3 is 19.5 Å². The highest BCUT2D eigenvalue weighted by molar-refractivity contribution is 6.00. The van der Waals surface area contributed by atoms with Crippen LogP contribution in [-0.4, -0.2) is 62.5 Å². The molecular formula is C23H29FN6O5. The first kappa shape index (κ1) is 25.8. The maximum Gasteiger partial charge on any atom is 0.352 e. The molecule has 0 saturated heterocycles. The Labute approximate surface area is 201 Å². The molecule has 0 aliphatic heterocycles. The Morgan fingerprint density at radius 1 is 1.29 bits per heavy atom. The number of carbonyl (C=O) groups is 1. The fraction of sp³-hybridized carbons (Fsp3) is 0.435. The van der Waals surface area contributed by atoms with E-state index in [4.69, 9.17) is 9.47 Å². The number of halogens is 1. The molecule has 0 aliphatic rings. The van der Waals surface area contributed by atoms with E-state index in [1.807, 2.05) is 19.0 Å². The number of aromatic nitrogens is 5. The van der Waals surface area contributed by atoms with Crippen molar-refractivity contribution in [2.45, 2.75) is 46.4 Å². The first-order valence-electron chi connectivity index (χ1n) is 11.0. The average molecular weight is 489 g/mol. The second-order valence-electron chi connectivity index (χ2n) is 8.14. The maximum atomic E-state index is 15.2. The van der Waals surface area contributed by atoms with Gasteiger partial charge >= 0.3 is 5.69 Å². The molecular weight excluding hydrogens is 459 g/mol. The van der Waals surface area contributed by atoms with Crippen molar-refractivity contribution >= 4 is 11.5 Å². The predicted octanol–water partition coefficient (Wildman–Crippen LogP) is 1.76. The van der Waals surface area contributed by atoms with Crippen molar-refractivity contribution in [2.24, 2.45) is 0 Å². The first-order valence-corrected chi connectivity index (χ1v) is 11.0. The van der Waals surface area contributed by atoms with Gasteiger partial charge in [0.25, 0.3) is 0 Å². The van der Waals surface area contributed by atoms with Crippen molar-refractivity contribution < 1.29 is 23.8 Å². The van der Waals surface area contributed by atoms with Crippen LogP contribution < -0.4 is 20.1 Å². The number of carbonyl (C=O) groups excluding carboxylic acids is 1. The van der Waals surface area contributed by atoms with Gasteiger partial charge in [0.1, 0.15) is 6.61 Å². The molecule has 0 unspecified atom stereocenters. The number of ketones is 1. The highest BCUT2D eigenvalue weighted by Crippen LogP contribution is 2.30. The molecule has 0 amide bonds. The van der Waals surface area contributed by atoms with Crippen LogP contribution in [0.2, 0.25) is 0 Å². The van der Waals surface area contributed by atoms with Crippen molar-refractivity contribution in [3.05, 3.63) is 51.6 Å². The molecule has 35 heavy (non-hydrogen) atoms. The molecule has 0 aromatic carbocycles. The van der Waals surface area contributed by atoms with Gasteiger partial charge in [-0.25, -0.2) is 14.2 Å². The van der Waals surface area contributed by atoms with E-state index in [9.17, 15) is 14.7 Å². The Kier molecular flexibility index (Phi) is 7.85. The van der Waals surface area contributed by atoms with Crippen LogP contribution in [0.3, 0.4) is 0 Å². The molecule has 3 aromatic rings. The quantitative estimate of drug-likeness (QED) is 0.425. The number of aliphatic hydroxyl groups excluding tert-OH is 1. The number of hydrogen-bond donors (Lipinski definition) is 1. The monoisotopic (exact) mass is 488 g/mol. The number of Topliss-reactive ketones (excluding diaryl/α,β-unsaturated/α-hetero) is 1. The fourth-order valence-electron chi connectivity index (χ4n) is 3.61. The van der Waals surface area contributed by atoms with Crippen molar-refractivity contribution in [1.29, 1.82) is 0 Å². The standard InChI is InChI=1S/C23H29FN6O5/c1-7-29-19(12-31)27-30(23(29)33)20-16(24)10-15(22(26-20)35-13(2)3)18(32)11-14-17(28(4)5)8-9-25-21(14)34-6/h8-10,13,31H,7,11-12H2,1-6H3. The molecule has 3 aromatic heterocycles. The van der Waals surface area contributed by atoms with Gasteiger partial charge in [-0.05, 0) is 32.9 Å². The maximum absolute atomic E-state index is 15.2. The minimum Gasteiger partial charge on any atom is -0.481 e. The van der Waals surface area contributed by atoms with Gasteiger partial charge in [-0.2, -0.15) is 9.67 Å². The molecule has 11 nitrogen and oxygen atoms in total. The van der Waals surface area contributed by atoms with Crippen LogP contribution in [0.15, 0.2) is 23.1 Å². The minimum atomic E-state index is -0.942. The minimum absolute atomic E-state index is 0.0602. The zero-order valence-corrected chi connectivity index (χ0v) is 20.6. The summed E-state index contributed by atoms with van der Waals surface area (Å²) in [5.41, 5.74) is 0.472. The number of rotatable bonds is 10. The zero-order valence-electron chi connectivity index (χ0n) is 20.6. The molecule has 12 heteroatoms. The van der Waals surface area contributed by atoms with Crippen molar-refractivity contribution in [2.75, 3.05) is 26.1 Å². The molecule has 0 atom stereocenters. The van der Waals surface area contributed by atoms with Crippen LogP contribution in [-0.2, 0) is 19.6 Å². The molecule has 3 rings (SSSR count). The SMILES string of the molecule is CCn1c(CO)nn(-c2nc(OC(C)C)c(C(=O)Cc3c(N(C)C)ccnc3OC)cc2F)c1=O. The van der Waals surface area contributed by atoms with Crippen LogP contribution in [0, 0.1) is 5.82 Å². The first-order chi connectivity index (χ1) is 16.6. The molecule has 0 saturated carbocycles. The normalized spacial score (nSPS) is 11.1. The summed E-state index contributed by atoms with van der Waals surface area (Å²) in [5.74, 6) is -1.66. The largest absolute Gasteiger partial charge is 0.481 e. The molecule has 0 fully saturated rings. The van der Waals surface area contributed by atoms with Crippen molar-refractivity contribution in [1.82, 2.24) is 24.3 Å². The second kappa shape index (κ2) is 10.6. The summed E-state index contributed by atoms with van der Waals surface area (Å²) >= 11 is 0. The Morgan fingerprint density at radius 2 is 2.00 bits per heavy atom. The van der Waals surface area contributed by atoms with Crippen LogP contribution in [0.4, 0.5) is 10.1 Å². The summed E-state index contributed by atoms with van der Waals surface area (Å²) in [7, 11) is 5.09. The Bertz CT molecular complexity index is 1280. The lowest BCUT2D eigenvalue weighted by atomic mass is 10.0. The summed E-state index contributed by atoms with van der Waals surface area (Å²) in [5, 5.41) is 13.5. The lowest BCUT2D eigenvalue weighted by Gasteiger charge is -2.19. The Morgan fingerprint density at radius 3 is 2.54 bits per heavy atom. The predicted molar refractivity (Wildman–Crippen MR) is 126 cm³/mol. The van der Waals surface area contributed by atoms with E-state index in [0.717, 1.165) is 16.4 Å². The molecule has 0 spiro atoms. The molecule has 188 valence electrons. The lowest BCUT2D eigenvalue weighted by molar-refractivity contribution is 0.0984. The van der Waals surface area contributed by atoms with E-state index >= 15 is 4.39 Å². The highest BCUT2D eigenvalue weighted by Gasteiger charge is 2.25. The molecule has 3 heterocycles. The topological polar surface area (TPSA) is 125 Å². The second-order valence-corrected chi connectivity index (χ2v) is 8.14. The molecule has 0 radical (unpaired) electrons. The molecule has 0 aliphatic carbocycles. The number of hydrogen-bond acceptors (Lipinski definition) is 9. The smallest absolute Gasteiger partial charge is 0.352 e. The van der Waals surface area contributed by atoms with E-state index in [1.165, 1.54) is 11.7 Å². The highest BCUT2D eigenvalue weighted by atomic mass is 19.1. The number of ether oxygens (including phenoxy) is 2. The van der Waals surface area contributed by atoms with Gasteiger partial charge in [0.15, 0.2) is 23.2 Å². The van der Waals surface area contributed by atoms with Crippen LogP contribution in [0.25, 0.3) is 5.82 Å². The van der Waals surface area contributed by atoms with Gasteiger partial charge in [0.2, 0.25) is 11.8 Å². The third-order valence-electron chi connectivity index (χ3n) is 5.17. The number of pyridine rings is 2. The fourth-order valence-corrected chi connectivity index (χ4v) is 3.61. The van der Waals surface area contributed by atoms with Crippen LogP contribution >= 0.6 is 0 Å². The van der Waals surface area contributed by atoms with Gasteiger partial charge in [0.05, 0.1) is 18.8 Å². The van der Waals surface area contributed by atoms with E-state index in [-0.39, 0.29) is 36.1 Å². The zero-order chi connectivity index (χ0) is 25.9. The third-order valence-corrected chi connectivity index (χ3v) is 5.17. The molecule has 1 N–H and O–H groups in total. The van der Waals surface area contributed by atoms with E-state index in [0.29, 0.717) is 5.56 Å². The summed E-state index contributed by atoms with van der Waals surface area (Å²) < 4.78 is 28.3. The lowest BCUT2D eigenvalue weighted by Crippen LogP contribution is -2.26. The Hall–Kier alpha value is -3.80. The summed E-state index contributed by atoms with van der Waals surface area (Å²) in [6.07, 6.45) is 1.02. The van der Waals surface area contributed by atoms with Crippen LogP contribution in [0.1, 0.15) is 42.5 Å². The summed E-state index contributed by atoms with van der Waals surface area (Å²) in [4.78, 5) is 36.2. The number of anilines is 1. The van der Waals surface area contributed by atoms with Crippen molar-refractivity contribution in [3.8, 4) is 17.6 Å². The van der Waals surface area contributed by atoms with Crippen molar-refractivity contribution in [3.63, 3.8) is 0 Å². The van der Waals surface area contributed by atoms with Crippen LogP contribution in [0.5, 0.6) is 11.8 Å². The summed E-state index contributed by atoms with van der Waals surface area (Å²) in [6, 6.07) is 2.73. The van der Waals surface area contributed by atoms with E-state index < -0.39 is 35.8 Å². The summed E-state index contributed by atoms with van der Waals surface area (Å²) in [6.45, 7) is 4.87. The number of aliphatic hydroxyl groups is 1. The average Bonchev–Trinajstić information content (AvgIpc) is 3.14. The molecule has 0 bridgehead atoms. The van der Waals surface area contributed by atoms with Gasteiger partial charge in [-0.15, -0.1) is 5.10 Å². The number of nitrogens with zero attached hydrogens (tertiary/aromatic N) is 6. The van der Waals surface area contributed by atoms with E-state index in [1.54, 1.807) is 33.0 Å². The van der Waals surface area contributed by atoms with E-state index in [2.05, 4.69) is 15.1 Å². The third kappa shape index (κ3) is 5.16. The van der Waals surface area contributed by atoms with Gasteiger partial charge in [0, 0.05) is 44.5 Å².